The zero-order chi connectivity index (χ0) is 20.4. The molecule has 0 unspecified atom stereocenters. The Morgan fingerprint density at radius 1 is 1.07 bits per heavy atom. The second kappa shape index (κ2) is 7.69. The highest BCUT2D eigenvalue weighted by molar-refractivity contribution is 7.91. The van der Waals surface area contributed by atoms with Crippen LogP contribution in [-0.2, 0) is 16.4 Å². The highest BCUT2D eigenvalue weighted by atomic mass is 35.5. The fraction of sp³-hybridized carbons (Fsp3) is 0.0476. The standard InChI is InChI=1S/C21H15ClN2O4S/c22-17-3-1-2-4-20(17)29(26,27)16-7-5-14(6-8-16)12-24-21(25)18-11-15-9-10-23-13-19(15)28-18/h1-11,13H,12H2,(H,24,25). The molecule has 0 spiro atoms. The number of rotatable bonds is 5. The molecule has 0 saturated heterocycles. The number of carbonyl (C=O) groups excluding carboxylic acids is 1. The van der Waals surface area contributed by atoms with Crippen molar-refractivity contribution in [3.05, 3.63) is 89.4 Å². The van der Waals surface area contributed by atoms with Crippen LogP contribution >= 0.6 is 11.6 Å². The summed E-state index contributed by atoms with van der Waals surface area (Å²) >= 11 is 6.02. The molecule has 2 aromatic carbocycles. The number of nitrogens with zero attached hydrogens (tertiary/aromatic N) is 1. The predicted molar refractivity (Wildman–Crippen MR) is 109 cm³/mol. The molecule has 0 aliphatic rings. The van der Waals surface area contributed by atoms with Crippen LogP contribution in [0.5, 0.6) is 0 Å². The maximum absolute atomic E-state index is 12.7. The number of furan rings is 1. The number of fused-ring (bicyclic) bond motifs is 1. The van der Waals surface area contributed by atoms with Gasteiger partial charge in [0, 0.05) is 18.1 Å². The van der Waals surface area contributed by atoms with E-state index in [1.807, 2.05) is 0 Å². The summed E-state index contributed by atoms with van der Waals surface area (Å²) in [5.74, 6) is -0.181. The Balaban J connectivity index is 1.47. The Labute approximate surface area is 172 Å². The molecular formula is C21H15ClN2O4S. The molecule has 1 N–H and O–H groups in total. The molecule has 2 aromatic heterocycles. The fourth-order valence-electron chi connectivity index (χ4n) is 2.84. The van der Waals surface area contributed by atoms with Gasteiger partial charge in [0.1, 0.15) is 0 Å². The van der Waals surface area contributed by atoms with Gasteiger partial charge in [0.2, 0.25) is 9.84 Å². The zero-order valence-electron chi connectivity index (χ0n) is 15.0. The first-order valence-electron chi connectivity index (χ1n) is 8.65. The lowest BCUT2D eigenvalue weighted by atomic mass is 10.2. The second-order valence-corrected chi connectivity index (χ2v) is 8.61. The number of carbonyl (C=O) groups is 1. The Morgan fingerprint density at radius 3 is 2.55 bits per heavy atom. The quantitative estimate of drug-likeness (QED) is 0.515. The van der Waals surface area contributed by atoms with Gasteiger partial charge in [-0.25, -0.2) is 8.42 Å². The number of nitrogens with one attached hydrogen (secondary N) is 1. The van der Waals surface area contributed by atoms with Gasteiger partial charge < -0.3 is 9.73 Å². The molecule has 1 amide bonds. The number of pyridine rings is 1. The Kier molecular flexibility index (Phi) is 5.08. The van der Waals surface area contributed by atoms with Crippen molar-refractivity contribution < 1.29 is 17.6 Å². The van der Waals surface area contributed by atoms with Gasteiger partial charge in [0.05, 0.1) is 21.0 Å². The molecule has 4 rings (SSSR count). The summed E-state index contributed by atoms with van der Waals surface area (Å²) in [6.45, 7) is 0.223. The topological polar surface area (TPSA) is 89.3 Å². The molecule has 0 fully saturated rings. The SMILES string of the molecule is O=C(NCc1ccc(S(=O)(=O)c2ccccc2Cl)cc1)c1cc2ccncc2o1. The maximum atomic E-state index is 12.7. The van der Waals surface area contributed by atoms with Crippen LogP contribution in [-0.4, -0.2) is 19.3 Å². The van der Waals surface area contributed by atoms with Gasteiger partial charge in [-0.2, -0.15) is 0 Å². The van der Waals surface area contributed by atoms with E-state index in [0.29, 0.717) is 5.58 Å². The summed E-state index contributed by atoms with van der Waals surface area (Å²) in [6, 6.07) is 16.0. The third-order valence-electron chi connectivity index (χ3n) is 4.36. The van der Waals surface area contributed by atoms with Gasteiger partial charge in [-0.1, -0.05) is 35.9 Å². The van der Waals surface area contributed by atoms with Gasteiger partial charge in [-0.05, 0) is 42.0 Å². The van der Waals surface area contributed by atoms with Crippen molar-refractivity contribution in [1.82, 2.24) is 10.3 Å². The lowest BCUT2D eigenvalue weighted by molar-refractivity contribution is 0.0925. The number of hydrogen-bond acceptors (Lipinski definition) is 5. The fourth-order valence-corrected chi connectivity index (χ4v) is 4.61. The van der Waals surface area contributed by atoms with Crippen molar-refractivity contribution in [2.75, 3.05) is 0 Å². The van der Waals surface area contributed by atoms with Crippen molar-refractivity contribution in [2.45, 2.75) is 16.3 Å². The summed E-state index contributed by atoms with van der Waals surface area (Å²) in [5, 5.41) is 3.71. The average molecular weight is 427 g/mol. The first-order chi connectivity index (χ1) is 13.9. The number of aromatic nitrogens is 1. The molecule has 2 heterocycles. The van der Waals surface area contributed by atoms with Crippen molar-refractivity contribution in [2.24, 2.45) is 0 Å². The van der Waals surface area contributed by atoms with E-state index in [1.54, 1.807) is 48.8 Å². The largest absolute Gasteiger partial charge is 0.449 e. The zero-order valence-corrected chi connectivity index (χ0v) is 16.6. The van der Waals surface area contributed by atoms with E-state index in [-0.39, 0.29) is 33.0 Å². The number of halogens is 1. The summed E-state index contributed by atoms with van der Waals surface area (Å²) in [7, 11) is -3.72. The second-order valence-electron chi connectivity index (χ2n) is 6.28. The highest BCUT2D eigenvalue weighted by Crippen LogP contribution is 2.27. The predicted octanol–water partition coefficient (Wildman–Crippen LogP) is 4.24. The molecule has 4 aromatic rings. The first kappa shape index (κ1) is 19.2. The molecule has 146 valence electrons. The Morgan fingerprint density at radius 2 is 1.83 bits per heavy atom. The summed E-state index contributed by atoms with van der Waals surface area (Å²) in [5.41, 5.74) is 1.28. The molecule has 0 aliphatic heterocycles. The van der Waals surface area contributed by atoms with Gasteiger partial charge in [0.15, 0.2) is 11.3 Å². The minimum atomic E-state index is -3.72. The van der Waals surface area contributed by atoms with E-state index >= 15 is 0 Å². The van der Waals surface area contributed by atoms with Gasteiger partial charge >= 0.3 is 0 Å². The van der Waals surface area contributed by atoms with Crippen LogP contribution in [0.2, 0.25) is 5.02 Å². The Hall–Kier alpha value is -3.16. The summed E-state index contributed by atoms with van der Waals surface area (Å²) < 4.78 is 30.9. The molecular weight excluding hydrogens is 412 g/mol. The number of amides is 1. The van der Waals surface area contributed by atoms with Gasteiger partial charge in [0.25, 0.3) is 5.91 Å². The lowest BCUT2D eigenvalue weighted by Crippen LogP contribution is -2.22. The minimum Gasteiger partial charge on any atom is -0.449 e. The smallest absolute Gasteiger partial charge is 0.287 e. The van der Waals surface area contributed by atoms with E-state index < -0.39 is 9.84 Å². The van der Waals surface area contributed by atoms with Gasteiger partial charge in [-0.15, -0.1) is 0 Å². The third-order valence-corrected chi connectivity index (χ3v) is 6.63. The van der Waals surface area contributed by atoms with Crippen LogP contribution in [0.15, 0.2) is 87.3 Å². The molecule has 6 nitrogen and oxygen atoms in total. The maximum Gasteiger partial charge on any atom is 0.287 e. The minimum absolute atomic E-state index is 0.0575. The van der Waals surface area contributed by atoms with Crippen LogP contribution in [0.1, 0.15) is 16.1 Å². The summed E-state index contributed by atoms with van der Waals surface area (Å²) in [6.07, 6.45) is 3.17. The molecule has 0 aliphatic carbocycles. The molecule has 0 radical (unpaired) electrons. The van der Waals surface area contributed by atoms with E-state index in [2.05, 4.69) is 10.3 Å². The van der Waals surface area contributed by atoms with E-state index in [9.17, 15) is 13.2 Å². The van der Waals surface area contributed by atoms with E-state index in [0.717, 1.165) is 10.9 Å². The van der Waals surface area contributed by atoms with Crippen LogP contribution in [0.25, 0.3) is 11.0 Å². The van der Waals surface area contributed by atoms with Crippen LogP contribution in [0, 0.1) is 0 Å². The molecule has 0 bridgehead atoms. The van der Waals surface area contributed by atoms with E-state index in [4.69, 9.17) is 16.0 Å². The van der Waals surface area contributed by atoms with Crippen molar-refractivity contribution in [1.29, 1.82) is 0 Å². The third kappa shape index (κ3) is 3.87. The molecule has 0 saturated carbocycles. The number of sulfone groups is 1. The molecule has 0 atom stereocenters. The first-order valence-corrected chi connectivity index (χ1v) is 10.5. The average Bonchev–Trinajstić information content (AvgIpc) is 3.17. The molecule has 29 heavy (non-hydrogen) atoms. The van der Waals surface area contributed by atoms with Crippen LogP contribution in [0.4, 0.5) is 0 Å². The monoisotopic (exact) mass is 426 g/mol. The van der Waals surface area contributed by atoms with Gasteiger partial charge in [-0.3, -0.25) is 9.78 Å². The number of hydrogen-bond donors (Lipinski definition) is 1. The van der Waals surface area contributed by atoms with Crippen LogP contribution in [0.3, 0.4) is 0 Å². The molecule has 8 heteroatoms. The van der Waals surface area contributed by atoms with Crippen molar-refractivity contribution >= 4 is 38.3 Å². The number of benzene rings is 2. The normalized spacial score (nSPS) is 11.5. The van der Waals surface area contributed by atoms with Crippen molar-refractivity contribution in [3.63, 3.8) is 0 Å². The lowest BCUT2D eigenvalue weighted by Gasteiger charge is -2.08. The Bertz CT molecular complexity index is 1260. The van der Waals surface area contributed by atoms with Crippen LogP contribution < -0.4 is 5.32 Å². The summed E-state index contributed by atoms with van der Waals surface area (Å²) in [4.78, 5) is 16.4. The highest BCUT2D eigenvalue weighted by Gasteiger charge is 2.20. The van der Waals surface area contributed by atoms with E-state index in [1.165, 1.54) is 24.3 Å². The van der Waals surface area contributed by atoms with Crippen molar-refractivity contribution in [3.8, 4) is 0 Å².